The Bertz CT molecular complexity index is 725. The summed E-state index contributed by atoms with van der Waals surface area (Å²) < 4.78 is 3.34. The van der Waals surface area contributed by atoms with Crippen molar-refractivity contribution in [1.29, 1.82) is 0 Å². The smallest absolute Gasteiger partial charge is 0.284 e. The van der Waals surface area contributed by atoms with Crippen molar-refractivity contribution in [2.75, 3.05) is 5.32 Å². The largest absolute Gasteiger partial charge is 0.350 e. The summed E-state index contributed by atoms with van der Waals surface area (Å²) in [7, 11) is 1.85. The van der Waals surface area contributed by atoms with E-state index in [1.165, 1.54) is 4.68 Å². The van der Waals surface area contributed by atoms with Crippen LogP contribution >= 0.6 is 15.9 Å². The van der Waals surface area contributed by atoms with E-state index in [9.17, 15) is 4.79 Å². The van der Waals surface area contributed by atoms with Crippen LogP contribution in [-0.2, 0) is 20.0 Å². The van der Waals surface area contributed by atoms with E-state index in [1.54, 1.807) is 10.9 Å². The summed E-state index contributed by atoms with van der Waals surface area (Å²) in [6.07, 6.45) is 9.41. The zero-order chi connectivity index (χ0) is 14.7. The van der Waals surface area contributed by atoms with Gasteiger partial charge in [0.1, 0.15) is 11.0 Å². The van der Waals surface area contributed by atoms with Gasteiger partial charge >= 0.3 is 0 Å². The third-order valence-corrected chi connectivity index (χ3v) is 3.50. The van der Waals surface area contributed by atoms with E-state index in [0.29, 0.717) is 10.2 Å². The molecule has 0 aliphatic carbocycles. The van der Waals surface area contributed by atoms with E-state index >= 15 is 0 Å². The summed E-state index contributed by atoms with van der Waals surface area (Å²) in [6, 6.07) is 0. The Morgan fingerprint density at radius 1 is 1.50 bits per heavy atom. The van der Waals surface area contributed by atoms with Gasteiger partial charge in [-0.2, -0.15) is 10.2 Å². The van der Waals surface area contributed by atoms with Crippen LogP contribution in [0.2, 0.25) is 0 Å². The summed E-state index contributed by atoms with van der Waals surface area (Å²) in [5.41, 5.74) is 2.10. The van der Waals surface area contributed by atoms with Crippen molar-refractivity contribution < 1.29 is 0 Å². The van der Waals surface area contributed by atoms with Gasteiger partial charge in [-0.25, -0.2) is 4.68 Å². The zero-order valence-corrected chi connectivity index (χ0v) is 12.8. The highest BCUT2D eigenvalue weighted by Crippen LogP contribution is 2.24. The molecular formula is C13H14BrN5O. The third kappa shape index (κ3) is 2.75. The fraction of sp³-hybridized carbons (Fsp3) is 0.308. The maximum atomic E-state index is 12.0. The molecule has 0 radical (unpaired) electrons. The zero-order valence-electron chi connectivity index (χ0n) is 11.2. The molecule has 104 valence electrons. The minimum Gasteiger partial charge on any atom is -0.350 e. The van der Waals surface area contributed by atoms with Crippen LogP contribution in [0.4, 0.5) is 11.4 Å². The number of terminal acetylenes is 1. The first-order valence-electron chi connectivity index (χ1n) is 6.05. The lowest BCUT2D eigenvalue weighted by atomic mass is 10.3. The summed E-state index contributed by atoms with van der Waals surface area (Å²) in [4.78, 5) is 12.0. The SMILES string of the molecule is C#CCn1ncc(Nc2cn(C)nc2CC)c(Br)c1=O. The second-order valence-corrected chi connectivity index (χ2v) is 4.97. The molecule has 0 fully saturated rings. The Labute approximate surface area is 124 Å². The van der Waals surface area contributed by atoms with Crippen LogP contribution in [0.1, 0.15) is 12.6 Å². The predicted molar refractivity (Wildman–Crippen MR) is 80.9 cm³/mol. The Morgan fingerprint density at radius 3 is 2.90 bits per heavy atom. The van der Waals surface area contributed by atoms with Gasteiger partial charge in [0.2, 0.25) is 0 Å². The standard InChI is InChI=1S/C13H14BrN5O/c1-4-6-19-13(20)12(14)10(7-15-19)16-11-8-18(3)17-9(11)5-2/h1,7-8,16H,5-6H2,2-3H3. The summed E-state index contributed by atoms with van der Waals surface area (Å²) in [5.74, 6) is 2.39. The van der Waals surface area contributed by atoms with Crippen LogP contribution in [0.15, 0.2) is 21.7 Å². The van der Waals surface area contributed by atoms with Crippen LogP contribution in [0.5, 0.6) is 0 Å². The molecular weight excluding hydrogens is 322 g/mol. The van der Waals surface area contributed by atoms with E-state index in [0.717, 1.165) is 17.8 Å². The number of hydrogen-bond acceptors (Lipinski definition) is 4. The average molecular weight is 336 g/mol. The van der Waals surface area contributed by atoms with E-state index < -0.39 is 0 Å². The molecule has 6 nitrogen and oxygen atoms in total. The summed E-state index contributed by atoms with van der Waals surface area (Å²) >= 11 is 3.28. The minimum absolute atomic E-state index is 0.144. The molecule has 0 aliphatic heterocycles. The molecule has 0 spiro atoms. The van der Waals surface area contributed by atoms with Crippen molar-refractivity contribution in [3.8, 4) is 12.3 Å². The molecule has 0 saturated heterocycles. The quantitative estimate of drug-likeness (QED) is 0.863. The number of nitrogens with one attached hydrogen (secondary N) is 1. The number of rotatable bonds is 4. The molecule has 7 heteroatoms. The molecule has 2 aromatic rings. The molecule has 20 heavy (non-hydrogen) atoms. The number of nitrogens with zero attached hydrogens (tertiary/aromatic N) is 4. The number of aryl methyl sites for hydroxylation is 2. The van der Waals surface area contributed by atoms with E-state index in [1.807, 2.05) is 20.2 Å². The van der Waals surface area contributed by atoms with Crippen LogP contribution in [0.25, 0.3) is 0 Å². The van der Waals surface area contributed by atoms with E-state index in [4.69, 9.17) is 6.42 Å². The lowest BCUT2D eigenvalue weighted by Gasteiger charge is -2.08. The molecule has 0 amide bonds. The molecule has 2 aromatic heterocycles. The Hall–Kier alpha value is -2.07. The number of hydrogen-bond donors (Lipinski definition) is 1. The van der Waals surface area contributed by atoms with Gasteiger partial charge in [-0.3, -0.25) is 9.48 Å². The fourth-order valence-corrected chi connectivity index (χ4v) is 2.20. The molecule has 0 saturated carbocycles. The Kier molecular flexibility index (Phi) is 4.25. The van der Waals surface area contributed by atoms with Crippen molar-refractivity contribution >= 4 is 27.3 Å². The summed E-state index contributed by atoms with van der Waals surface area (Å²) in [6.45, 7) is 2.16. The topological polar surface area (TPSA) is 64.7 Å². The van der Waals surface area contributed by atoms with E-state index in [2.05, 4.69) is 37.4 Å². The normalized spacial score (nSPS) is 10.3. The van der Waals surface area contributed by atoms with Crippen molar-refractivity contribution in [3.63, 3.8) is 0 Å². The molecule has 1 N–H and O–H groups in total. The molecule has 2 heterocycles. The fourth-order valence-electron chi connectivity index (χ4n) is 1.80. The monoisotopic (exact) mass is 335 g/mol. The molecule has 0 bridgehead atoms. The molecule has 0 aliphatic rings. The Balaban J connectivity index is 2.37. The predicted octanol–water partition coefficient (Wildman–Crippen LogP) is 1.68. The third-order valence-electron chi connectivity index (χ3n) is 2.74. The summed E-state index contributed by atoms with van der Waals surface area (Å²) in [5, 5.41) is 11.5. The van der Waals surface area contributed by atoms with Gasteiger partial charge in [-0.1, -0.05) is 12.8 Å². The molecule has 0 unspecified atom stereocenters. The lowest BCUT2D eigenvalue weighted by Crippen LogP contribution is -2.23. The second-order valence-electron chi connectivity index (χ2n) is 4.18. The van der Waals surface area contributed by atoms with Crippen molar-refractivity contribution in [2.24, 2.45) is 7.05 Å². The van der Waals surface area contributed by atoms with Gasteiger partial charge in [-0.15, -0.1) is 6.42 Å². The first kappa shape index (κ1) is 14.3. The van der Waals surface area contributed by atoms with Gasteiger partial charge < -0.3 is 5.32 Å². The van der Waals surface area contributed by atoms with Crippen LogP contribution in [-0.4, -0.2) is 19.6 Å². The van der Waals surface area contributed by atoms with Crippen molar-refractivity contribution in [3.05, 3.63) is 32.9 Å². The van der Waals surface area contributed by atoms with Gasteiger partial charge in [0.25, 0.3) is 5.56 Å². The first-order chi connectivity index (χ1) is 9.56. The minimum atomic E-state index is -0.269. The highest BCUT2D eigenvalue weighted by molar-refractivity contribution is 9.10. The first-order valence-corrected chi connectivity index (χ1v) is 6.84. The lowest BCUT2D eigenvalue weighted by molar-refractivity contribution is 0.660. The van der Waals surface area contributed by atoms with Crippen molar-refractivity contribution in [2.45, 2.75) is 19.9 Å². The van der Waals surface area contributed by atoms with Gasteiger partial charge in [0, 0.05) is 13.2 Å². The van der Waals surface area contributed by atoms with Gasteiger partial charge in [0.05, 0.1) is 23.3 Å². The van der Waals surface area contributed by atoms with Gasteiger partial charge in [0.15, 0.2) is 0 Å². The molecule has 0 atom stereocenters. The van der Waals surface area contributed by atoms with E-state index in [-0.39, 0.29) is 12.1 Å². The number of aromatic nitrogens is 4. The van der Waals surface area contributed by atoms with Gasteiger partial charge in [-0.05, 0) is 22.4 Å². The van der Waals surface area contributed by atoms with Crippen LogP contribution < -0.4 is 10.9 Å². The highest BCUT2D eigenvalue weighted by Gasteiger charge is 2.11. The average Bonchev–Trinajstić information content (AvgIpc) is 2.78. The number of halogens is 1. The second kappa shape index (κ2) is 5.92. The van der Waals surface area contributed by atoms with Crippen LogP contribution in [0, 0.1) is 12.3 Å². The Morgan fingerprint density at radius 2 is 2.25 bits per heavy atom. The van der Waals surface area contributed by atoms with Crippen LogP contribution in [0.3, 0.4) is 0 Å². The number of anilines is 2. The maximum Gasteiger partial charge on any atom is 0.284 e. The van der Waals surface area contributed by atoms with Crippen molar-refractivity contribution in [1.82, 2.24) is 19.6 Å². The molecule has 2 rings (SSSR count). The highest BCUT2D eigenvalue weighted by atomic mass is 79.9. The molecule has 0 aromatic carbocycles. The maximum absolute atomic E-state index is 12.0.